The first-order valence-corrected chi connectivity index (χ1v) is 4.65. The average Bonchev–Trinajstić information content (AvgIpc) is 2.66. The quantitative estimate of drug-likeness (QED) is 0.237. The molecule has 1 aromatic heterocycles. The largest absolute Gasteiger partial charge is 0.409 e. The van der Waals surface area contributed by atoms with Gasteiger partial charge in [0.25, 0.3) is 0 Å². The van der Waals surface area contributed by atoms with Crippen molar-refractivity contribution in [2.24, 2.45) is 10.9 Å². The molecule has 0 aliphatic rings. The molecule has 1 rings (SSSR count). The van der Waals surface area contributed by atoms with Gasteiger partial charge in [0.15, 0.2) is 0 Å². The van der Waals surface area contributed by atoms with E-state index in [-0.39, 0.29) is 11.7 Å². The molecule has 0 radical (unpaired) electrons. The van der Waals surface area contributed by atoms with E-state index in [4.69, 9.17) is 10.9 Å². The molecule has 0 saturated heterocycles. The molecule has 0 atom stereocenters. The van der Waals surface area contributed by atoms with E-state index >= 15 is 0 Å². The van der Waals surface area contributed by atoms with Crippen molar-refractivity contribution in [1.82, 2.24) is 14.8 Å². The number of rotatable bonds is 5. The van der Waals surface area contributed by atoms with Crippen LogP contribution in [-0.2, 0) is 6.54 Å². The molecule has 6 heteroatoms. The second kappa shape index (κ2) is 5.21. The van der Waals surface area contributed by atoms with E-state index < -0.39 is 0 Å². The van der Waals surface area contributed by atoms with Gasteiger partial charge in [0.1, 0.15) is 6.33 Å². The van der Waals surface area contributed by atoms with Crippen LogP contribution in [0.5, 0.6) is 0 Å². The summed E-state index contributed by atoms with van der Waals surface area (Å²) < 4.78 is 1.70. The van der Waals surface area contributed by atoms with Gasteiger partial charge in [-0.2, -0.15) is 0 Å². The van der Waals surface area contributed by atoms with Gasteiger partial charge in [-0.15, -0.1) is 5.10 Å². The summed E-state index contributed by atoms with van der Waals surface area (Å²) in [7, 11) is 0. The molecule has 3 N–H and O–H groups in total. The molecule has 1 aromatic rings. The molecule has 0 aliphatic carbocycles. The third kappa shape index (κ3) is 2.72. The van der Waals surface area contributed by atoms with Crippen LogP contribution >= 0.6 is 0 Å². The maximum absolute atomic E-state index is 8.39. The first-order chi connectivity index (χ1) is 6.77. The highest BCUT2D eigenvalue weighted by molar-refractivity contribution is 5.93. The van der Waals surface area contributed by atoms with Crippen molar-refractivity contribution in [3.05, 3.63) is 12.2 Å². The van der Waals surface area contributed by atoms with Gasteiger partial charge in [-0.05, 0) is 6.42 Å². The van der Waals surface area contributed by atoms with E-state index in [1.165, 1.54) is 12.8 Å². The maximum atomic E-state index is 8.39. The van der Waals surface area contributed by atoms with Crippen molar-refractivity contribution in [2.45, 2.75) is 32.7 Å². The molecule has 0 spiro atoms. The lowest BCUT2D eigenvalue weighted by molar-refractivity contribution is 0.318. The molecule has 0 fully saturated rings. The minimum Gasteiger partial charge on any atom is -0.409 e. The summed E-state index contributed by atoms with van der Waals surface area (Å²) >= 11 is 0. The molecule has 0 bridgehead atoms. The molecule has 0 amide bonds. The van der Waals surface area contributed by atoms with Crippen molar-refractivity contribution in [2.75, 3.05) is 0 Å². The Balaban J connectivity index is 2.51. The molecule has 6 nitrogen and oxygen atoms in total. The van der Waals surface area contributed by atoms with Crippen molar-refractivity contribution in [3.8, 4) is 0 Å². The van der Waals surface area contributed by atoms with Crippen molar-refractivity contribution in [3.63, 3.8) is 0 Å². The predicted molar refractivity (Wildman–Crippen MR) is 52.1 cm³/mol. The Kier molecular flexibility index (Phi) is 3.90. The summed E-state index contributed by atoms with van der Waals surface area (Å²) in [6.45, 7) is 2.96. The van der Waals surface area contributed by atoms with Crippen LogP contribution in [0.25, 0.3) is 0 Å². The van der Waals surface area contributed by atoms with E-state index in [0.717, 1.165) is 13.0 Å². The number of aryl methyl sites for hydroxylation is 1. The molecule has 1 heterocycles. The Morgan fingerprint density at radius 1 is 1.64 bits per heavy atom. The Bertz CT molecular complexity index is 306. The molecular formula is C8H15N5O. The molecule has 0 aliphatic heterocycles. The predicted octanol–water partition coefficient (Wildman–Crippen LogP) is 0.563. The number of aromatic nitrogens is 3. The van der Waals surface area contributed by atoms with Gasteiger partial charge >= 0.3 is 0 Å². The van der Waals surface area contributed by atoms with E-state index in [1.807, 2.05) is 0 Å². The highest BCUT2D eigenvalue weighted by Crippen LogP contribution is 1.97. The van der Waals surface area contributed by atoms with E-state index in [1.54, 1.807) is 11.0 Å². The summed E-state index contributed by atoms with van der Waals surface area (Å²) in [4.78, 5) is 3.90. The highest BCUT2D eigenvalue weighted by atomic mass is 16.4. The van der Waals surface area contributed by atoms with Crippen LogP contribution in [0.1, 0.15) is 32.0 Å². The monoisotopic (exact) mass is 197 g/mol. The minimum atomic E-state index is -0.0563. The molecule has 14 heavy (non-hydrogen) atoms. The lowest BCUT2D eigenvalue weighted by Crippen LogP contribution is -2.15. The summed E-state index contributed by atoms with van der Waals surface area (Å²) in [5.74, 6) is 0.211. The maximum Gasteiger partial charge on any atom is 0.219 e. The van der Waals surface area contributed by atoms with Crippen LogP contribution in [0.4, 0.5) is 0 Å². The number of nitrogens with two attached hydrogens (primary N) is 1. The van der Waals surface area contributed by atoms with Crippen LogP contribution < -0.4 is 5.73 Å². The number of amidine groups is 1. The van der Waals surface area contributed by atoms with Crippen LogP contribution in [0.2, 0.25) is 0 Å². The van der Waals surface area contributed by atoms with Crippen molar-refractivity contribution < 1.29 is 5.21 Å². The van der Waals surface area contributed by atoms with E-state index in [9.17, 15) is 0 Å². The molecule has 78 valence electrons. The van der Waals surface area contributed by atoms with Crippen molar-refractivity contribution in [1.29, 1.82) is 0 Å². The van der Waals surface area contributed by atoms with Gasteiger partial charge in [-0.3, -0.25) is 4.68 Å². The number of unbranched alkanes of at least 4 members (excludes halogenated alkanes) is 2. The normalized spacial score (nSPS) is 11.9. The number of hydrogen-bond donors (Lipinski definition) is 2. The Morgan fingerprint density at radius 3 is 3.07 bits per heavy atom. The zero-order chi connectivity index (χ0) is 10.4. The zero-order valence-corrected chi connectivity index (χ0v) is 8.22. The van der Waals surface area contributed by atoms with Crippen LogP contribution in [0, 0.1) is 0 Å². The first-order valence-electron chi connectivity index (χ1n) is 4.65. The SMILES string of the molecule is CCCCCn1cnc(C(N)=NO)n1. The minimum absolute atomic E-state index is 0.0563. The summed E-state index contributed by atoms with van der Waals surface area (Å²) in [6, 6.07) is 0. The summed E-state index contributed by atoms with van der Waals surface area (Å²) in [6.07, 6.45) is 4.99. The van der Waals surface area contributed by atoms with Crippen LogP contribution in [0.15, 0.2) is 11.5 Å². The molecule has 0 saturated carbocycles. The summed E-state index contributed by atoms with van der Waals surface area (Å²) in [5.41, 5.74) is 5.32. The summed E-state index contributed by atoms with van der Waals surface area (Å²) in [5, 5.41) is 15.3. The number of oxime groups is 1. The standard InChI is InChI=1S/C8H15N5O/c1-2-3-4-5-13-6-10-8(11-13)7(9)12-14/h6,14H,2-5H2,1H3,(H2,9,12). The lowest BCUT2D eigenvalue weighted by Gasteiger charge is -1.97. The topological polar surface area (TPSA) is 89.3 Å². The van der Waals surface area contributed by atoms with Gasteiger partial charge in [-0.1, -0.05) is 24.9 Å². The van der Waals surface area contributed by atoms with E-state index in [0.29, 0.717) is 0 Å². The highest BCUT2D eigenvalue weighted by Gasteiger charge is 2.04. The fraction of sp³-hybridized carbons (Fsp3) is 0.625. The fourth-order valence-corrected chi connectivity index (χ4v) is 1.09. The zero-order valence-electron chi connectivity index (χ0n) is 8.22. The van der Waals surface area contributed by atoms with Gasteiger partial charge in [-0.25, -0.2) is 4.98 Å². The smallest absolute Gasteiger partial charge is 0.219 e. The first kappa shape index (κ1) is 10.5. The van der Waals surface area contributed by atoms with Gasteiger partial charge in [0.2, 0.25) is 11.7 Å². The molecule has 0 aromatic carbocycles. The Hall–Kier alpha value is -1.59. The lowest BCUT2D eigenvalue weighted by atomic mass is 10.2. The average molecular weight is 197 g/mol. The second-order valence-corrected chi connectivity index (χ2v) is 3.02. The third-order valence-corrected chi connectivity index (χ3v) is 1.86. The van der Waals surface area contributed by atoms with Gasteiger partial charge < -0.3 is 10.9 Å². The van der Waals surface area contributed by atoms with E-state index in [2.05, 4.69) is 22.2 Å². The third-order valence-electron chi connectivity index (χ3n) is 1.86. The molecular weight excluding hydrogens is 182 g/mol. The Labute approximate surface area is 82.4 Å². The number of hydrogen-bond acceptors (Lipinski definition) is 4. The fourth-order valence-electron chi connectivity index (χ4n) is 1.09. The van der Waals surface area contributed by atoms with Crippen LogP contribution in [0.3, 0.4) is 0 Å². The van der Waals surface area contributed by atoms with Crippen LogP contribution in [-0.4, -0.2) is 25.8 Å². The van der Waals surface area contributed by atoms with Gasteiger partial charge in [0.05, 0.1) is 0 Å². The van der Waals surface area contributed by atoms with Crippen molar-refractivity contribution >= 4 is 5.84 Å². The van der Waals surface area contributed by atoms with Gasteiger partial charge in [0, 0.05) is 6.54 Å². The number of nitrogens with zero attached hydrogens (tertiary/aromatic N) is 4. The Morgan fingerprint density at radius 2 is 2.43 bits per heavy atom. The second-order valence-electron chi connectivity index (χ2n) is 3.02. The molecule has 0 unspecified atom stereocenters.